The molecule has 0 bridgehead atoms. The molecule has 0 aliphatic rings. The predicted molar refractivity (Wildman–Crippen MR) is 54.8 cm³/mol. The van der Waals surface area contributed by atoms with Gasteiger partial charge in [0, 0.05) is 24.9 Å². The number of hydrogen-bond donors (Lipinski definition) is 0. The van der Waals surface area contributed by atoms with Crippen molar-refractivity contribution in [2.75, 3.05) is 27.3 Å². The number of hydroxylamine groups is 2. The molecule has 1 heterocycles. The Morgan fingerprint density at radius 2 is 2.33 bits per heavy atom. The second kappa shape index (κ2) is 6.10. The normalized spacial score (nSPS) is 10.3. The molecule has 0 aromatic carbocycles. The first-order valence-electron chi connectivity index (χ1n) is 4.55. The predicted octanol–water partition coefficient (Wildman–Crippen LogP) is 0.766. The van der Waals surface area contributed by atoms with Crippen molar-refractivity contribution in [1.82, 2.24) is 10.0 Å². The van der Waals surface area contributed by atoms with Crippen molar-refractivity contribution >= 4 is 6.29 Å². The molecule has 82 valence electrons. The summed E-state index contributed by atoms with van der Waals surface area (Å²) in [5, 5.41) is 1.65. The number of pyridine rings is 1. The van der Waals surface area contributed by atoms with Gasteiger partial charge in [0.2, 0.25) is 5.88 Å². The molecule has 0 saturated carbocycles. The van der Waals surface area contributed by atoms with Crippen LogP contribution >= 0.6 is 0 Å². The smallest absolute Gasteiger partial charge is 0.213 e. The molecule has 1 aromatic rings. The van der Waals surface area contributed by atoms with Gasteiger partial charge in [-0.05, 0) is 6.07 Å². The van der Waals surface area contributed by atoms with Gasteiger partial charge in [-0.15, -0.1) is 0 Å². The lowest BCUT2D eigenvalue weighted by Gasteiger charge is -2.13. The lowest BCUT2D eigenvalue weighted by atomic mass is 10.3. The van der Waals surface area contributed by atoms with Crippen molar-refractivity contribution in [3.63, 3.8) is 0 Å². The van der Waals surface area contributed by atoms with Crippen molar-refractivity contribution < 1.29 is 14.4 Å². The summed E-state index contributed by atoms with van der Waals surface area (Å²) in [4.78, 5) is 19.2. The van der Waals surface area contributed by atoms with Gasteiger partial charge in [-0.25, -0.2) is 4.98 Å². The zero-order valence-corrected chi connectivity index (χ0v) is 8.84. The lowest BCUT2D eigenvalue weighted by Crippen LogP contribution is -2.23. The molecule has 0 aliphatic heterocycles. The van der Waals surface area contributed by atoms with E-state index in [0.717, 1.165) is 6.29 Å². The number of aromatic nitrogens is 1. The van der Waals surface area contributed by atoms with Crippen molar-refractivity contribution in [3.8, 4) is 5.88 Å². The standard InChI is InChI=1S/C10H14N2O3/c1-12(14-2)5-6-15-10-4-3-9(8-13)7-11-10/h3-4,7-8H,5-6H2,1-2H3. The van der Waals surface area contributed by atoms with Crippen LogP contribution in [0.5, 0.6) is 5.88 Å². The summed E-state index contributed by atoms with van der Waals surface area (Å²) < 4.78 is 5.33. The van der Waals surface area contributed by atoms with E-state index in [2.05, 4.69) is 4.98 Å². The quantitative estimate of drug-likeness (QED) is 0.512. The second-order valence-electron chi connectivity index (χ2n) is 2.93. The van der Waals surface area contributed by atoms with Gasteiger partial charge in [0.1, 0.15) is 6.61 Å². The number of hydrogen-bond acceptors (Lipinski definition) is 5. The fraction of sp³-hybridized carbons (Fsp3) is 0.400. The first kappa shape index (κ1) is 11.6. The van der Waals surface area contributed by atoms with Crippen LogP contribution in [0.4, 0.5) is 0 Å². The molecule has 5 nitrogen and oxygen atoms in total. The minimum Gasteiger partial charge on any atom is -0.476 e. The van der Waals surface area contributed by atoms with Crippen molar-refractivity contribution in [2.45, 2.75) is 0 Å². The molecule has 15 heavy (non-hydrogen) atoms. The fourth-order valence-corrected chi connectivity index (χ4v) is 0.917. The molecular formula is C10H14N2O3. The van der Waals surface area contributed by atoms with Gasteiger partial charge >= 0.3 is 0 Å². The van der Waals surface area contributed by atoms with Gasteiger partial charge in [0.25, 0.3) is 0 Å². The number of likely N-dealkylation sites (N-methyl/N-ethyl adjacent to an activating group) is 1. The number of carbonyl (C=O) groups is 1. The fourth-order valence-electron chi connectivity index (χ4n) is 0.917. The van der Waals surface area contributed by atoms with Crippen LogP contribution in [-0.2, 0) is 4.84 Å². The molecular weight excluding hydrogens is 196 g/mol. The molecule has 1 rings (SSSR count). The Bertz CT molecular complexity index is 300. The molecule has 0 fully saturated rings. The third kappa shape index (κ3) is 4.05. The van der Waals surface area contributed by atoms with E-state index in [1.54, 1.807) is 24.3 Å². The molecule has 0 N–H and O–H groups in total. The Kier molecular flexibility index (Phi) is 4.73. The largest absolute Gasteiger partial charge is 0.476 e. The Morgan fingerprint density at radius 3 is 2.87 bits per heavy atom. The molecule has 0 aliphatic carbocycles. The SMILES string of the molecule is CON(C)CCOc1ccc(C=O)cn1. The zero-order valence-electron chi connectivity index (χ0n) is 8.84. The average Bonchev–Trinajstić information content (AvgIpc) is 2.29. The van der Waals surface area contributed by atoms with Crippen molar-refractivity contribution in [2.24, 2.45) is 0 Å². The average molecular weight is 210 g/mol. The third-order valence-electron chi connectivity index (χ3n) is 1.86. The Hall–Kier alpha value is -1.46. The van der Waals surface area contributed by atoms with E-state index in [9.17, 15) is 4.79 Å². The van der Waals surface area contributed by atoms with E-state index in [-0.39, 0.29) is 0 Å². The molecule has 0 spiro atoms. The molecule has 1 aromatic heterocycles. The second-order valence-corrected chi connectivity index (χ2v) is 2.93. The highest BCUT2D eigenvalue weighted by Gasteiger charge is 1.98. The van der Waals surface area contributed by atoms with E-state index in [4.69, 9.17) is 9.57 Å². The van der Waals surface area contributed by atoms with Crippen LogP contribution in [0.3, 0.4) is 0 Å². The highest BCUT2D eigenvalue weighted by Crippen LogP contribution is 2.05. The number of aldehydes is 1. The maximum Gasteiger partial charge on any atom is 0.213 e. The van der Waals surface area contributed by atoms with Gasteiger partial charge in [-0.1, -0.05) is 0 Å². The van der Waals surface area contributed by atoms with Crippen molar-refractivity contribution in [1.29, 1.82) is 0 Å². The van der Waals surface area contributed by atoms with E-state index in [1.807, 2.05) is 7.05 Å². The van der Waals surface area contributed by atoms with Crippen molar-refractivity contribution in [3.05, 3.63) is 23.9 Å². The van der Waals surface area contributed by atoms with Crippen LogP contribution in [0.1, 0.15) is 10.4 Å². The summed E-state index contributed by atoms with van der Waals surface area (Å²) in [6.45, 7) is 1.13. The topological polar surface area (TPSA) is 51.7 Å². The summed E-state index contributed by atoms with van der Waals surface area (Å²) in [6.07, 6.45) is 2.22. The number of rotatable bonds is 6. The monoisotopic (exact) mass is 210 g/mol. The van der Waals surface area contributed by atoms with Gasteiger partial charge in [0.05, 0.1) is 13.7 Å². The van der Waals surface area contributed by atoms with Crippen LogP contribution in [-0.4, -0.2) is 43.6 Å². The summed E-state index contributed by atoms with van der Waals surface area (Å²) in [5.74, 6) is 0.505. The zero-order chi connectivity index (χ0) is 11.1. The highest BCUT2D eigenvalue weighted by molar-refractivity contribution is 5.73. The van der Waals surface area contributed by atoms with Crippen LogP contribution in [0, 0.1) is 0 Å². The minimum absolute atomic E-state index is 0.484. The first-order valence-corrected chi connectivity index (χ1v) is 4.55. The molecule has 0 saturated heterocycles. The minimum atomic E-state index is 0.484. The summed E-state index contributed by atoms with van der Waals surface area (Å²) in [6, 6.07) is 3.33. The summed E-state index contributed by atoms with van der Waals surface area (Å²) in [5.41, 5.74) is 0.538. The Balaban J connectivity index is 2.34. The molecule has 0 atom stereocenters. The molecule has 0 radical (unpaired) electrons. The highest BCUT2D eigenvalue weighted by atomic mass is 16.7. The van der Waals surface area contributed by atoms with E-state index < -0.39 is 0 Å². The Labute approximate surface area is 88.6 Å². The van der Waals surface area contributed by atoms with Crippen LogP contribution in [0.15, 0.2) is 18.3 Å². The van der Waals surface area contributed by atoms with Crippen LogP contribution in [0.2, 0.25) is 0 Å². The van der Waals surface area contributed by atoms with Gasteiger partial charge in [-0.3, -0.25) is 4.79 Å². The Morgan fingerprint density at radius 1 is 1.53 bits per heavy atom. The van der Waals surface area contributed by atoms with E-state index in [1.165, 1.54) is 6.20 Å². The van der Waals surface area contributed by atoms with Crippen LogP contribution < -0.4 is 4.74 Å². The summed E-state index contributed by atoms with van der Waals surface area (Å²) in [7, 11) is 3.41. The number of ether oxygens (including phenoxy) is 1. The maximum atomic E-state index is 10.4. The molecule has 0 amide bonds. The number of carbonyl (C=O) groups excluding carboxylic acids is 1. The molecule has 5 heteroatoms. The van der Waals surface area contributed by atoms with Gasteiger partial charge in [-0.2, -0.15) is 5.06 Å². The van der Waals surface area contributed by atoms with Crippen LogP contribution in [0.25, 0.3) is 0 Å². The lowest BCUT2D eigenvalue weighted by molar-refractivity contribution is -0.113. The molecule has 0 unspecified atom stereocenters. The van der Waals surface area contributed by atoms with Gasteiger partial charge in [0.15, 0.2) is 6.29 Å². The summed E-state index contributed by atoms with van der Waals surface area (Å²) >= 11 is 0. The third-order valence-corrected chi connectivity index (χ3v) is 1.86. The van der Waals surface area contributed by atoms with Gasteiger partial charge < -0.3 is 9.57 Å². The van der Waals surface area contributed by atoms with E-state index in [0.29, 0.717) is 24.6 Å². The maximum absolute atomic E-state index is 10.4. The van der Waals surface area contributed by atoms with E-state index >= 15 is 0 Å². The first-order chi connectivity index (χ1) is 7.26. The number of nitrogens with zero attached hydrogens (tertiary/aromatic N) is 2.